The lowest BCUT2D eigenvalue weighted by molar-refractivity contribution is 0.0746. The normalized spacial score (nSPS) is 15.1. The zero-order valence-electron chi connectivity index (χ0n) is 11.8. The van der Waals surface area contributed by atoms with Crippen LogP contribution in [0.1, 0.15) is 29.6 Å². The van der Waals surface area contributed by atoms with Gasteiger partial charge < -0.3 is 10.6 Å². The average Bonchev–Trinajstić information content (AvgIpc) is 2.41. The number of fused-ring (bicyclic) bond motifs is 1. The third-order valence-electron chi connectivity index (χ3n) is 4.25. The first-order valence-corrected chi connectivity index (χ1v) is 7.19. The van der Waals surface area contributed by atoms with Crippen LogP contribution in [0.25, 0.3) is 10.8 Å². The fraction of sp³-hybridized carbons (Fsp3) is 0.353. The molecule has 0 bridgehead atoms. The average molecular weight is 268 g/mol. The van der Waals surface area contributed by atoms with Crippen LogP contribution in [-0.4, -0.2) is 24.4 Å². The van der Waals surface area contributed by atoms with Crippen LogP contribution >= 0.6 is 0 Å². The lowest BCUT2D eigenvalue weighted by Gasteiger charge is -2.30. The molecule has 0 atom stereocenters. The van der Waals surface area contributed by atoms with Gasteiger partial charge in [0.1, 0.15) is 0 Å². The zero-order chi connectivity index (χ0) is 14.1. The van der Waals surface area contributed by atoms with Gasteiger partial charge in [0.05, 0.1) is 5.56 Å². The SMILES string of the molecule is CN(CC1CCC1)C(=O)c1cc2ccccc2cc1N. The molecule has 0 unspecified atom stereocenters. The Morgan fingerprint density at radius 1 is 1.25 bits per heavy atom. The molecule has 2 aromatic carbocycles. The van der Waals surface area contributed by atoms with E-state index < -0.39 is 0 Å². The van der Waals surface area contributed by atoms with Crippen molar-refractivity contribution in [2.45, 2.75) is 19.3 Å². The van der Waals surface area contributed by atoms with E-state index in [1.807, 2.05) is 48.3 Å². The number of carbonyl (C=O) groups excluding carboxylic acids is 1. The number of nitrogens with zero attached hydrogens (tertiary/aromatic N) is 1. The molecule has 1 fully saturated rings. The Labute approximate surface area is 119 Å². The summed E-state index contributed by atoms with van der Waals surface area (Å²) in [6.07, 6.45) is 3.78. The predicted molar refractivity (Wildman–Crippen MR) is 82.7 cm³/mol. The first-order chi connectivity index (χ1) is 9.65. The molecule has 20 heavy (non-hydrogen) atoms. The Morgan fingerprint density at radius 3 is 2.50 bits per heavy atom. The number of amides is 1. The number of carbonyl (C=O) groups is 1. The smallest absolute Gasteiger partial charge is 0.255 e. The van der Waals surface area contributed by atoms with Gasteiger partial charge in [0, 0.05) is 19.3 Å². The summed E-state index contributed by atoms with van der Waals surface area (Å²) in [5, 5.41) is 2.13. The van der Waals surface area contributed by atoms with Gasteiger partial charge in [-0.3, -0.25) is 4.79 Å². The van der Waals surface area contributed by atoms with Gasteiger partial charge in [0.25, 0.3) is 5.91 Å². The van der Waals surface area contributed by atoms with Crippen LogP contribution in [0.3, 0.4) is 0 Å². The number of anilines is 1. The zero-order valence-corrected chi connectivity index (χ0v) is 11.8. The van der Waals surface area contributed by atoms with Gasteiger partial charge in [-0.2, -0.15) is 0 Å². The van der Waals surface area contributed by atoms with Crippen molar-refractivity contribution in [3.05, 3.63) is 42.0 Å². The number of nitrogens with two attached hydrogens (primary N) is 1. The molecular weight excluding hydrogens is 248 g/mol. The summed E-state index contributed by atoms with van der Waals surface area (Å²) in [4.78, 5) is 14.3. The molecule has 1 saturated carbocycles. The Morgan fingerprint density at radius 2 is 1.90 bits per heavy atom. The molecule has 0 radical (unpaired) electrons. The van der Waals surface area contributed by atoms with Gasteiger partial charge in [-0.25, -0.2) is 0 Å². The van der Waals surface area contributed by atoms with Crippen molar-refractivity contribution < 1.29 is 4.79 Å². The van der Waals surface area contributed by atoms with E-state index in [4.69, 9.17) is 5.73 Å². The maximum absolute atomic E-state index is 12.5. The van der Waals surface area contributed by atoms with Crippen LogP contribution in [-0.2, 0) is 0 Å². The Hall–Kier alpha value is -2.03. The van der Waals surface area contributed by atoms with Gasteiger partial charge in [-0.15, -0.1) is 0 Å². The summed E-state index contributed by atoms with van der Waals surface area (Å²) in [7, 11) is 1.87. The summed E-state index contributed by atoms with van der Waals surface area (Å²) < 4.78 is 0. The van der Waals surface area contributed by atoms with E-state index in [2.05, 4.69) is 0 Å². The van der Waals surface area contributed by atoms with Crippen LogP contribution in [0, 0.1) is 5.92 Å². The Kier molecular flexibility index (Phi) is 3.35. The van der Waals surface area contributed by atoms with E-state index in [9.17, 15) is 4.79 Å². The van der Waals surface area contributed by atoms with E-state index in [-0.39, 0.29) is 5.91 Å². The fourth-order valence-electron chi connectivity index (χ4n) is 2.79. The van der Waals surface area contributed by atoms with Crippen molar-refractivity contribution in [2.75, 3.05) is 19.3 Å². The highest BCUT2D eigenvalue weighted by Crippen LogP contribution is 2.28. The first kappa shape index (κ1) is 13.0. The largest absolute Gasteiger partial charge is 0.398 e. The summed E-state index contributed by atoms with van der Waals surface area (Å²) >= 11 is 0. The molecule has 3 heteroatoms. The second-order valence-corrected chi connectivity index (χ2v) is 5.77. The molecular formula is C17H20N2O. The standard InChI is InChI=1S/C17H20N2O/c1-19(11-12-5-4-6-12)17(20)15-9-13-7-2-3-8-14(13)10-16(15)18/h2-3,7-10,12H,4-6,11,18H2,1H3. The van der Waals surface area contributed by atoms with Gasteiger partial charge >= 0.3 is 0 Å². The molecule has 2 N–H and O–H groups in total. The summed E-state index contributed by atoms with van der Waals surface area (Å²) in [5.41, 5.74) is 7.24. The molecule has 3 nitrogen and oxygen atoms in total. The van der Waals surface area contributed by atoms with Crippen molar-refractivity contribution in [3.63, 3.8) is 0 Å². The molecule has 0 aliphatic heterocycles. The fourth-order valence-corrected chi connectivity index (χ4v) is 2.79. The Balaban J connectivity index is 1.87. The van der Waals surface area contributed by atoms with Gasteiger partial charge in [0.2, 0.25) is 0 Å². The van der Waals surface area contributed by atoms with Gasteiger partial charge in [-0.05, 0) is 41.7 Å². The highest BCUT2D eigenvalue weighted by atomic mass is 16.2. The minimum absolute atomic E-state index is 0.0279. The maximum atomic E-state index is 12.5. The van der Waals surface area contributed by atoms with E-state index in [0.717, 1.165) is 17.3 Å². The number of hydrogen-bond donors (Lipinski definition) is 1. The lowest BCUT2D eigenvalue weighted by atomic mass is 9.85. The molecule has 2 aromatic rings. The minimum atomic E-state index is 0.0279. The molecule has 1 aliphatic rings. The third kappa shape index (κ3) is 2.36. The highest BCUT2D eigenvalue weighted by molar-refractivity contribution is 6.03. The quantitative estimate of drug-likeness (QED) is 0.868. The first-order valence-electron chi connectivity index (χ1n) is 7.19. The molecule has 0 saturated heterocycles. The van der Waals surface area contributed by atoms with Crippen molar-refractivity contribution in [2.24, 2.45) is 5.92 Å². The van der Waals surface area contributed by atoms with Gasteiger partial charge in [0.15, 0.2) is 0 Å². The summed E-state index contributed by atoms with van der Waals surface area (Å²) in [6.45, 7) is 0.838. The summed E-state index contributed by atoms with van der Waals surface area (Å²) in [6, 6.07) is 11.8. The van der Waals surface area contributed by atoms with Crippen molar-refractivity contribution in [1.29, 1.82) is 0 Å². The van der Waals surface area contributed by atoms with Crippen molar-refractivity contribution in [3.8, 4) is 0 Å². The van der Waals surface area contributed by atoms with Crippen LogP contribution in [0.4, 0.5) is 5.69 Å². The second-order valence-electron chi connectivity index (χ2n) is 5.77. The van der Waals surface area contributed by atoms with E-state index in [1.165, 1.54) is 19.3 Å². The van der Waals surface area contributed by atoms with Crippen LogP contribution < -0.4 is 5.73 Å². The molecule has 0 spiro atoms. The van der Waals surface area contributed by atoms with Crippen LogP contribution in [0.15, 0.2) is 36.4 Å². The number of benzene rings is 2. The second kappa shape index (κ2) is 5.16. The molecule has 0 aromatic heterocycles. The molecule has 0 heterocycles. The van der Waals surface area contributed by atoms with Crippen molar-refractivity contribution >= 4 is 22.4 Å². The van der Waals surface area contributed by atoms with Crippen molar-refractivity contribution in [1.82, 2.24) is 4.90 Å². The van der Waals surface area contributed by atoms with Crippen LogP contribution in [0.2, 0.25) is 0 Å². The van der Waals surface area contributed by atoms with Crippen LogP contribution in [0.5, 0.6) is 0 Å². The third-order valence-corrected chi connectivity index (χ3v) is 4.25. The number of hydrogen-bond acceptors (Lipinski definition) is 2. The summed E-state index contributed by atoms with van der Waals surface area (Å²) in [5.74, 6) is 0.700. The monoisotopic (exact) mass is 268 g/mol. The molecule has 3 rings (SSSR count). The Bertz CT molecular complexity index is 646. The van der Waals surface area contributed by atoms with E-state index >= 15 is 0 Å². The topological polar surface area (TPSA) is 46.3 Å². The number of rotatable bonds is 3. The molecule has 1 aliphatic carbocycles. The predicted octanol–water partition coefficient (Wildman–Crippen LogP) is 3.29. The van der Waals surface area contributed by atoms with E-state index in [0.29, 0.717) is 17.2 Å². The minimum Gasteiger partial charge on any atom is -0.398 e. The van der Waals surface area contributed by atoms with Gasteiger partial charge in [-0.1, -0.05) is 30.7 Å². The molecule has 104 valence electrons. The maximum Gasteiger partial charge on any atom is 0.255 e. The number of nitrogen functional groups attached to an aromatic ring is 1. The molecule has 1 amide bonds. The lowest BCUT2D eigenvalue weighted by Crippen LogP contribution is -2.34. The van der Waals surface area contributed by atoms with E-state index in [1.54, 1.807) is 0 Å². The highest BCUT2D eigenvalue weighted by Gasteiger charge is 2.23.